The summed E-state index contributed by atoms with van der Waals surface area (Å²) < 4.78 is 1.70. The molecule has 0 aliphatic heterocycles. The maximum atomic E-state index is 11.8. The van der Waals surface area contributed by atoms with Gasteiger partial charge in [0.15, 0.2) is 5.82 Å². The SMILES string of the molecule is Cc1cc(NC(=O)NCC(O)C(C)C)nn1-c1cccc(Cl)c1. The molecule has 1 aromatic heterocycles. The summed E-state index contributed by atoms with van der Waals surface area (Å²) in [5.74, 6) is 0.513. The van der Waals surface area contributed by atoms with Crippen molar-refractivity contribution in [3.63, 3.8) is 0 Å². The molecule has 23 heavy (non-hydrogen) atoms. The number of aryl methyl sites for hydroxylation is 1. The Bertz CT molecular complexity index is 684. The number of benzene rings is 1. The predicted octanol–water partition coefficient (Wildman–Crippen LogP) is 2.97. The Morgan fingerprint density at radius 2 is 2.13 bits per heavy atom. The van der Waals surface area contributed by atoms with Gasteiger partial charge in [-0.25, -0.2) is 9.48 Å². The second kappa shape index (κ2) is 7.48. The van der Waals surface area contributed by atoms with E-state index in [-0.39, 0.29) is 12.5 Å². The number of carbonyl (C=O) groups is 1. The number of aliphatic hydroxyl groups is 1. The summed E-state index contributed by atoms with van der Waals surface area (Å²) in [5, 5.41) is 19.9. The largest absolute Gasteiger partial charge is 0.391 e. The summed E-state index contributed by atoms with van der Waals surface area (Å²) in [7, 11) is 0. The minimum atomic E-state index is -0.577. The van der Waals surface area contributed by atoms with Crippen molar-refractivity contribution in [2.75, 3.05) is 11.9 Å². The fourth-order valence-electron chi connectivity index (χ4n) is 2.00. The van der Waals surface area contributed by atoms with Gasteiger partial charge in [-0.2, -0.15) is 0 Å². The monoisotopic (exact) mass is 336 g/mol. The Morgan fingerprint density at radius 1 is 1.39 bits per heavy atom. The van der Waals surface area contributed by atoms with Gasteiger partial charge in [0.05, 0.1) is 11.8 Å². The molecule has 1 unspecified atom stereocenters. The molecule has 0 fully saturated rings. The quantitative estimate of drug-likeness (QED) is 0.785. The van der Waals surface area contributed by atoms with Crippen molar-refractivity contribution in [1.29, 1.82) is 0 Å². The smallest absolute Gasteiger partial charge is 0.320 e. The van der Waals surface area contributed by atoms with E-state index in [1.165, 1.54) is 0 Å². The normalized spacial score (nSPS) is 12.3. The molecule has 7 heteroatoms. The van der Waals surface area contributed by atoms with Crippen molar-refractivity contribution in [1.82, 2.24) is 15.1 Å². The van der Waals surface area contributed by atoms with Crippen molar-refractivity contribution < 1.29 is 9.90 Å². The first-order valence-electron chi connectivity index (χ1n) is 7.42. The summed E-state index contributed by atoms with van der Waals surface area (Å²) in [6.07, 6.45) is -0.577. The van der Waals surface area contributed by atoms with Gasteiger partial charge >= 0.3 is 6.03 Å². The molecule has 0 saturated heterocycles. The fourth-order valence-corrected chi connectivity index (χ4v) is 2.18. The average molecular weight is 337 g/mol. The molecule has 2 aromatic rings. The van der Waals surface area contributed by atoms with Crippen LogP contribution >= 0.6 is 11.6 Å². The van der Waals surface area contributed by atoms with E-state index in [4.69, 9.17) is 11.6 Å². The molecule has 6 nitrogen and oxygen atoms in total. The highest BCUT2D eigenvalue weighted by Crippen LogP contribution is 2.18. The Labute approximate surface area is 140 Å². The standard InChI is InChI=1S/C16H21ClN4O2/c1-10(2)14(22)9-18-16(23)19-15-7-11(3)21(20-15)13-6-4-5-12(17)8-13/h4-8,10,14,22H,9H2,1-3H3,(H2,18,19,20,23). The third-order valence-corrected chi connectivity index (χ3v) is 3.66. The molecule has 2 amide bonds. The molecule has 0 radical (unpaired) electrons. The van der Waals surface area contributed by atoms with Gasteiger partial charge in [0.1, 0.15) is 0 Å². The van der Waals surface area contributed by atoms with Crippen LogP contribution in [0.3, 0.4) is 0 Å². The highest BCUT2D eigenvalue weighted by atomic mass is 35.5. The third kappa shape index (κ3) is 4.71. The van der Waals surface area contributed by atoms with Crippen LogP contribution < -0.4 is 10.6 Å². The van der Waals surface area contributed by atoms with Gasteiger partial charge in [-0.05, 0) is 31.0 Å². The fraction of sp³-hybridized carbons (Fsp3) is 0.375. The van der Waals surface area contributed by atoms with Crippen molar-refractivity contribution >= 4 is 23.4 Å². The summed E-state index contributed by atoms with van der Waals surface area (Å²) in [6.45, 7) is 5.86. The van der Waals surface area contributed by atoms with Gasteiger partial charge in [-0.1, -0.05) is 31.5 Å². The van der Waals surface area contributed by atoms with Crippen molar-refractivity contribution in [2.24, 2.45) is 5.92 Å². The van der Waals surface area contributed by atoms with Crippen LogP contribution in [-0.4, -0.2) is 33.6 Å². The predicted molar refractivity (Wildman–Crippen MR) is 91.2 cm³/mol. The van der Waals surface area contributed by atoms with Gasteiger partial charge in [-0.15, -0.1) is 5.10 Å². The van der Waals surface area contributed by atoms with Crippen LogP contribution in [0.25, 0.3) is 5.69 Å². The summed E-state index contributed by atoms with van der Waals surface area (Å²) in [5.41, 5.74) is 1.68. The lowest BCUT2D eigenvalue weighted by Crippen LogP contribution is -2.37. The van der Waals surface area contributed by atoms with Gasteiger partial charge < -0.3 is 10.4 Å². The number of amides is 2. The maximum Gasteiger partial charge on any atom is 0.320 e. The summed E-state index contributed by atoms with van der Waals surface area (Å²) >= 11 is 5.99. The first-order chi connectivity index (χ1) is 10.9. The van der Waals surface area contributed by atoms with Crippen LogP contribution in [0.15, 0.2) is 30.3 Å². The van der Waals surface area contributed by atoms with Crippen molar-refractivity contribution in [2.45, 2.75) is 26.9 Å². The molecule has 0 bridgehead atoms. The molecular formula is C16H21ClN4O2. The zero-order valence-corrected chi connectivity index (χ0v) is 14.1. The highest BCUT2D eigenvalue weighted by molar-refractivity contribution is 6.30. The number of halogens is 1. The first-order valence-corrected chi connectivity index (χ1v) is 7.80. The molecule has 1 aromatic carbocycles. The number of aliphatic hydroxyl groups excluding tert-OH is 1. The Balaban J connectivity index is 2.02. The van der Waals surface area contributed by atoms with Crippen molar-refractivity contribution in [3.05, 3.63) is 41.0 Å². The third-order valence-electron chi connectivity index (χ3n) is 3.42. The first kappa shape index (κ1) is 17.3. The minimum Gasteiger partial charge on any atom is -0.391 e. The van der Waals surface area contributed by atoms with E-state index < -0.39 is 12.1 Å². The number of anilines is 1. The maximum absolute atomic E-state index is 11.8. The molecule has 0 aliphatic carbocycles. The van der Waals surface area contributed by atoms with Gasteiger partial charge in [0, 0.05) is 23.3 Å². The molecular weight excluding hydrogens is 316 g/mol. The molecule has 0 spiro atoms. The number of nitrogens with one attached hydrogen (secondary N) is 2. The molecule has 3 N–H and O–H groups in total. The van der Waals surface area contributed by atoms with Gasteiger partial charge in [0.2, 0.25) is 0 Å². The second-order valence-corrected chi connectivity index (χ2v) is 6.15. The van der Waals surface area contributed by atoms with E-state index in [0.29, 0.717) is 10.8 Å². The number of urea groups is 1. The van der Waals surface area contributed by atoms with Gasteiger partial charge in [0.25, 0.3) is 0 Å². The molecule has 0 saturated carbocycles. The topological polar surface area (TPSA) is 79.2 Å². The number of nitrogens with zero attached hydrogens (tertiary/aromatic N) is 2. The Kier molecular flexibility index (Phi) is 5.63. The van der Waals surface area contributed by atoms with Crippen LogP contribution in [0.2, 0.25) is 5.02 Å². The van der Waals surface area contributed by atoms with E-state index in [1.54, 1.807) is 22.9 Å². The van der Waals surface area contributed by atoms with E-state index >= 15 is 0 Å². The van der Waals surface area contributed by atoms with Crippen LogP contribution in [0.5, 0.6) is 0 Å². The van der Waals surface area contributed by atoms with Crippen LogP contribution in [0.4, 0.5) is 10.6 Å². The van der Waals surface area contributed by atoms with Crippen molar-refractivity contribution in [3.8, 4) is 5.69 Å². The van der Waals surface area contributed by atoms with Crippen LogP contribution in [-0.2, 0) is 0 Å². The lowest BCUT2D eigenvalue weighted by molar-refractivity contribution is 0.126. The number of hydrogen-bond acceptors (Lipinski definition) is 3. The number of aromatic nitrogens is 2. The molecule has 1 atom stereocenters. The second-order valence-electron chi connectivity index (χ2n) is 5.71. The zero-order chi connectivity index (χ0) is 17.0. The van der Waals surface area contributed by atoms with E-state index in [1.807, 2.05) is 32.9 Å². The Morgan fingerprint density at radius 3 is 2.78 bits per heavy atom. The number of carbonyl (C=O) groups excluding carboxylic acids is 1. The van der Waals surface area contributed by atoms with Crippen LogP contribution in [0, 0.1) is 12.8 Å². The van der Waals surface area contributed by atoms with E-state index in [9.17, 15) is 9.90 Å². The lowest BCUT2D eigenvalue weighted by atomic mass is 10.1. The molecule has 0 aliphatic rings. The van der Waals surface area contributed by atoms with Gasteiger partial charge in [-0.3, -0.25) is 5.32 Å². The summed E-state index contributed by atoms with van der Waals surface area (Å²) in [6, 6.07) is 8.67. The molecule has 2 rings (SSSR count). The van der Waals surface area contributed by atoms with Crippen LogP contribution in [0.1, 0.15) is 19.5 Å². The minimum absolute atomic E-state index is 0.0829. The molecule has 1 heterocycles. The van der Waals surface area contributed by atoms with E-state index in [2.05, 4.69) is 15.7 Å². The number of rotatable bonds is 5. The zero-order valence-electron chi connectivity index (χ0n) is 13.4. The lowest BCUT2D eigenvalue weighted by Gasteiger charge is -2.14. The Hall–Kier alpha value is -2.05. The average Bonchev–Trinajstić information content (AvgIpc) is 2.85. The number of hydrogen-bond donors (Lipinski definition) is 3. The van der Waals surface area contributed by atoms with E-state index in [0.717, 1.165) is 11.4 Å². The molecule has 124 valence electrons. The highest BCUT2D eigenvalue weighted by Gasteiger charge is 2.12. The summed E-state index contributed by atoms with van der Waals surface area (Å²) in [4.78, 5) is 11.8.